The Morgan fingerprint density at radius 1 is 1.31 bits per heavy atom. The molecule has 1 N–H and O–H groups in total. The molecule has 0 amide bonds. The van der Waals surface area contributed by atoms with E-state index in [1.165, 1.54) is 5.57 Å². The van der Waals surface area contributed by atoms with E-state index in [0.717, 1.165) is 59.2 Å². The van der Waals surface area contributed by atoms with Gasteiger partial charge in [0.1, 0.15) is 11.6 Å². The second-order valence-corrected chi connectivity index (χ2v) is 9.43. The van der Waals surface area contributed by atoms with Crippen LogP contribution in [0.1, 0.15) is 49.9 Å². The number of rotatable bonds is 7. The molecule has 0 bridgehead atoms. The molecule has 7 heteroatoms. The largest absolute Gasteiger partial charge is 0.495 e. The summed E-state index contributed by atoms with van der Waals surface area (Å²) in [7, 11) is 6.01. The van der Waals surface area contributed by atoms with Gasteiger partial charge in [0.05, 0.1) is 39.9 Å². The Balaban J connectivity index is 2.10. The van der Waals surface area contributed by atoms with Gasteiger partial charge in [-0.2, -0.15) is 4.99 Å². The minimum atomic E-state index is -0.770. The van der Waals surface area contributed by atoms with Crippen molar-refractivity contribution in [2.24, 2.45) is 10.9 Å². The van der Waals surface area contributed by atoms with Crippen LogP contribution < -0.4 is 4.74 Å². The van der Waals surface area contributed by atoms with Crippen molar-refractivity contribution in [2.75, 3.05) is 34.3 Å². The van der Waals surface area contributed by atoms with E-state index in [1.54, 1.807) is 7.11 Å². The van der Waals surface area contributed by atoms with Gasteiger partial charge in [-0.15, -0.1) is 0 Å². The highest BCUT2D eigenvalue weighted by Crippen LogP contribution is 2.36. The smallest absolute Gasteiger partial charge is 0.304 e. The molecule has 0 radical (unpaired) electrons. The lowest BCUT2D eigenvalue weighted by Crippen LogP contribution is -2.39. The zero-order valence-corrected chi connectivity index (χ0v) is 20.5. The highest BCUT2D eigenvalue weighted by molar-refractivity contribution is 6.02. The summed E-state index contributed by atoms with van der Waals surface area (Å²) in [5.41, 5.74) is 5.35. The van der Waals surface area contributed by atoms with E-state index in [-0.39, 0.29) is 12.3 Å². The molecule has 0 spiro atoms. The van der Waals surface area contributed by atoms with Gasteiger partial charge >= 0.3 is 5.97 Å². The molecule has 1 atom stereocenters. The first-order chi connectivity index (χ1) is 15.1. The maximum Gasteiger partial charge on any atom is 0.304 e. The molecule has 0 saturated carbocycles. The third kappa shape index (κ3) is 4.72. The number of methoxy groups -OCH3 is 1. The van der Waals surface area contributed by atoms with Gasteiger partial charge in [0.2, 0.25) is 5.82 Å². The van der Waals surface area contributed by atoms with Crippen molar-refractivity contribution in [3.8, 4) is 5.75 Å². The fraction of sp³-hybridized carbons (Fsp3) is 0.560. The molecule has 2 aliphatic heterocycles. The van der Waals surface area contributed by atoms with Crippen molar-refractivity contribution in [1.82, 2.24) is 9.88 Å². The summed E-state index contributed by atoms with van der Waals surface area (Å²) in [6, 6.07) is 0. The first kappa shape index (κ1) is 24.0. The molecule has 1 aromatic rings. The van der Waals surface area contributed by atoms with Crippen molar-refractivity contribution in [1.29, 1.82) is 0 Å². The molecular weight excluding hydrogens is 404 g/mol. The van der Waals surface area contributed by atoms with Crippen LogP contribution in [0.4, 0.5) is 0 Å². The molecule has 0 aromatic carbocycles. The molecule has 1 unspecified atom stereocenters. The van der Waals surface area contributed by atoms with Gasteiger partial charge in [0.25, 0.3) is 0 Å². The summed E-state index contributed by atoms with van der Waals surface area (Å²) in [5, 5.41) is 9.59. The maximum absolute atomic E-state index is 11.7. The summed E-state index contributed by atoms with van der Waals surface area (Å²) >= 11 is 0. The van der Waals surface area contributed by atoms with Crippen LogP contribution in [0.25, 0.3) is 0 Å². The van der Waals surface area contributed by atoms with E-state index in [1.807, 2.05) is 13.1 Å². The standard InChI is InChI=1S/C25H36N4O3/c1-8-29(5,6)21-11-9-10-16(2)23-19(12-22(30)31)14-28(25(23)27-21)15-20-13-26-18(4)24(32-7)17(20)3/h11,13,19H,8-10,12,14-15H2,1-7H3/p+1. The molecule has 3 heterocycles. The number of pyridine rings is 1. The lowest BCUT2D eigenvalue weighted by molar-refractivity contribution is -0.851. The monoisotopic (exact) mass is 441 g/mol. The predicted molar refractivity (Wildman–Crippen MR) is 127 cm³/mol. The number of carbonyl (C=O) groups is 1. The van der Waals surface area contributed by atoms with E-state index in [2.05, 4.69) is 50.8 Å². The lowest BCUT2D eigenvalue weighted by atomic mass is 9.92. The van der Waals surface area contributed by atoms with Gasteiger partial charge in [0.15, 0.2) is 0 Å². The number of carboxylic acids is 1. The Bertz CT molecular complexity index is 991. The number of aryl methyl sites for hydroxylation is 1. The SMILES string of the molecule is CC[N+](C)(C)C1=CCCC(C)=C2C(=N1)N(Cc1cnc(C)c(OC)c1C)CC2CC(=O)O. The Labute approximate surface area is 191 Å². The maximum atomic E-state index is 11.7. The van der Waals surface area contributed by atoms with Gasteiger partial charge in [-0.3, -0.25) is 14.3 Å². The third-order valence-electron chi connectivity index (χ3n) is 6.88. The third-order valence-corrected chi connectivity index (χ3v) is 6.88. The highest BCUT2D eigenvalue weighted by atomic mass is 16.5. The van der Waals surface area contributed by atoms with E-state index in [9.17, 15) is 9.90 Å². The molecule has 2 aliphatic rings. The predicted octanol–water partition coefficient (Wildman–Crippen LogP) is 4.06. The Kier molecular flexibility index (Phi) is 7.08. The summed E-state index contributed by atoms with van der Waals surface area (Å²) < 4.78 is 6.27. The van der Waals surface area contributed by atoms with Crippen LogP contribution in [0.15, 0.2) is 34.2 Å². The number of amidine groups is 1. The van der Waals surface area contributed by atoms with Crippen LogP contribution in [0, 0.1) is 19.8 Å². The van der Waals surface area contributed by atoms with E-state index in [0.29, 0.717) is 17.6 Å². The fourth-order valence-electron chi connectivity index (χ4n) is 4.65. The van der Waals surface area contributed by atoms with Gasteiger partial charge in [-0.1, -0.05) is 5.57 Å². The number of likely N-dealkylation sites (tertiary alicyclic amines) is 1. The first-order valence-corrected chi connectivity index (χ1v) is 11.4. The van der Waals surface area contributed by atoms with Crippen LogP contribution in [0.2, 0.25) is 0 Å². The molecule has 1 aromatic heterocycles. The summed E-state index contributed by atoms with van der Waals surface area (Å²) in [4.78, 5) is 23.6. The van der Waals surface area contributed by atoms with Gasteiger partial charge in [-0.25, -0.2) is 0 Å². The molecular formula is C25H37N4O3+. The van der Waals surface area contributed by atoms with Crippen LogP contribution >= 0.6 is 0 Å². The van der Waals surface area contributed by atoms with E-state index >= 15 is 0 Å². The zero-order chi connectivity index (χ0) is 23.6. The van der Waals surface area contributed by atoms with Crippen LogP contribution in [-0.2, 0) is 11.3 Å². The average Bonchev–Trinajstić information content (AvgIpc) is 3.03. The molecule has 3 rings (SSSR count). The molecule has 174 valence electrons. The van der Waals surface area contributed by atoms with Crippen molar-refractivity contribution in [3.05, 3.63) is 46.1 Å². The number of hydrogen-bond donors (Lipinski definition) is 1. The Morgan fingerprint density at radius 3 is 2.66 bits per heavy atom. The van der Waals surface area contributed by atoms with Crippen LogP contribution in [0.3, 0.4) is 0 Å². The highest BCUT2D eigenvalue weighted by Gasteiger charge is 2.38. The molecule has 0 aliphatic carbocycles. The number of quaternary nitrogens is 1. The lowest BCUT2D eigenvalue weighted by Gasteiger charge is -2.30. The van der Waals surface area contributed by atoms with Gasteiger partial charge in [0, 0.05) is 25.2 Å². The second-order valence-electron chi connectivity index (χ2n) is 9.43. The van der Waals surface area contributed by atoms with Crippen LogP contribution in [0.5, 0.6) is 5.75 Å². The molecule has 1 fully saturated rings. The summed E-state index contributed by atoms with van der Waals surface area (Å²) in [6.07, 6.45) is 6.09. The number of nitrogens with zero attached hydrogens (tertiary/aromatic N) is 4. The number of aliphatic imine (C=N–C) groups is 1. The molecule has 1 saturated heterocycles. The first-order valence-electron chi connectivity index (χ1n) is 11.4. The van der Waals surface area contributed by atoms with E-state index < -0.39 is 5.97 Å². The number of carboxylic acid groups (broad SMARTS) is 1. The Morgan fingerprint density at radius 2 is 2.03 bits per heavy atom. The average molecular weight is 442 g/mol. The Hall–Kier alpha value is -2.67. The quantitative estimate of drug-likeness (QED) is 0.646. The molecule has 7 nitrogen and oxygen atoms in total. The summed E-state index contributed by atoms with van der Waals surface area (Å²) in [6.45, 7) is 10.5. The second kappa shape index (κ2) is 9.45. The van der Waals surface area contributed by atoms with Gasteiger partial charge < -0.3 is 14.7 Å². The minimum absolute atomic E-state index is 0.0663. The fourth-order valence-corrected chi connectivity index (χ4v) is 4.65. The number of allylic oxidation sites excluding steroid dienone is 2. The normalized spacial score (nSPS) is 19.2. The number of aromatic nitrogens is 1. The van der Waals surface area contributed by atoms with Crippen molar-refractivity contribution >= 4 is 11.8 Å². The number of ether oxygens (including phenoxy) is 1. The van der Waals surface area contributed by atoms with Gasteiger partial charge in [-0.05, 0) is 63.3 Å². The number of fused-ring (bicyclic) bond motifs is 1. The topological polar surface area (TPSA) is 75.0 Å². The number of aliphatic carboxylic acids is 1. The van der Waals surface area contributed by atoms with Crippen molar-refractivity contribution < 1.29 is 19.1 Å². The molecule has 32 heavy (non-hydrogen) atoms. The minimum Gasteiger partial charge on any atom is -0.495 e. The van der Waals surface area contributed by atoms with E-state index in [4.69, 9.17) is 9.73 Å². The van der Waals surface area contributed by atoms with Crippen molar-refractivity contribution in [3.63, 3.8) is 0 Å². The van der Waals surface area contributed by atoms with Crippen LogP contribution in [-0.4, -0.2) is 65.6 Å². The number of hydrogen-bond acceptors (Lipinski definition) is 5. The summed E-state index contributed by atoms with van der Waals surface area (Å²) in [5.74, 6) is 1.92. The zero-order valence-electron chi connectivity index (χ0n) is 20.5. The van der Waals surface area contributed by atoms with Crippen molar-refractivity contribution in [2.45, 2.75) is 53.5 Å².